The monoisotopic (exact) mass is 873 g/mol. The fourth-order valence-electron chi connectivity index (χ4n) is 13.3. The van der Waals surface area contributed by atoms with Gasteiger partial charge in [-0.1, -0.05) is 127 Å². The first-order valence-corrected chi connectivity index (χ1v) is 24.5. The lowest BCUT2D eigenvalue weighted by Crippen LogP contribution is -2.68. The Hall–Kier alpha value is -5.76. The lowest BCUT2D eigenvalue weighted by molar-refractivity contribution is -0.985. The molecule has 66 heavy (non-hydrogen) atoms. The summed E-state index contributed by atoms with van der Waals surface area (Å²) in [5, 5.41) is 2.39. The highest BCUT2D eigenvalue weighted by Gasteiger charge is 2.56. The van der Waals surface area contributed by atoms with E-state index in [9.17, 15) is 0 Å². The number of benzene rings is 5. The van der Waals surface area contributed by atoms with Gasteiger partial charge in [-0.3, -0.25) is 9.97 Å². The van der Waals surface area contributed by atoms with Crippen LogP contribution >= 0.6 is 0 Å². The Balaban J connectivity index is 0.949. The highest BCUT2D eigenvalue weighted by molar-refractivity contribution is 5.83. The number of aromatic nitrogens is 2. The second-order valence-electron chi connectivity index (χ2n) is 20.2. The molecule has 0 amide bonds. The molecule has 6 heteroatoms. The largest absolute Gasteiger partial charge is 0.363 e. The van der Waals surface area contributed by atoms with Gasteiger partial charge in [-0.25, -0.2) is 0 Å². The normalized spacial score (nSPS) is 27.7. The van der Waals surface area contributed by atoms with Crippen LogP contribution in [0, 0.1) is 23.7 Å². The molecule has 6 nitrogen and oxygen atoms in total. The van der Waals surface area contributed by atoms with Crippen molar-refractivity contribution in [2.75, 3.05) is 26.2 Å². The van der Waals surface area contributed by atoms with Crippen LogP contribution in [0.4, 0.5) is 0 Å². The molecule has 0 N–H and O–H groups in total. The van der Waals surface area contributed by atoms with Gasteiger partial charge in [0.25, 0.3) is 0 Å². The maximum absolute atomic E-state index is 7.27. The van der Waals surface area contributed by atoms with E-state index in [1.807, 2.05) is 12.4 Å². The first-order chi connectivity index (χ1) is 32.5. The molecule has 2 aromatic heterocycles. The van der Waals surface area contributed by atoms with Gasteiger partial charge < -0.3 is 18.4 Å². The van der Waals surface area contributed by atoms with Gasteiger partial charge in [0.15, 0.2) is 0 Å². The number of rotatable bonds is 16. The molecule has 0 aliphatic carbocycles. The molecule has 0 unspecified atom stereocenters. The zero-order chi connectivity index (χ0) is 44.5. The minimum absolute atomic E-state index is 0.0866. The Bertz CT molecular complexity index is 2610. The summed E-state index contributed by atoms with van der Waals surface area (Å²) in [7, 11) is 0. The molecule has 6 saturated heterocycles. The number of ether oxygens (including phenoxy) is 2. The third kappa shape index (κ3) is 8.23. The van der Waals surface area contributed by atoms with E-state index in [0.717, 1.165) is 72.1 Å². The summed E-state index contributed by atoms with van der Waals surface area (Å²) in [6, 6.07) is 53.4. The van der Waals surface area contributed by atoms with Crippen molar-refractivity contribution in [2.45, 2.75) is 76.3 Å². The van der Waals surface area contributed by atoms with Gasteiger partial charge in [-0.2, -0.15) is 0 Å². The molecule has 4 bridgehead atoms. The fourth-order valence-corrected chi connectivity index (χ4v) is 13.3. The zero-order valence-electron chi connectivity index (χ0n) is 38.3. The third-order valence-electron chi connectivity index (χ3n) is 16.6. The van der Waals surface area contributed by atoms with Crippen molar-refractivity contribution >= 4 is 21.8 Å². The van der Waals surface area contributed by atoms with Crippen molar-refractivity contribution in [1.82, 2.24) is 9.97 Å². The van der Waals surface area contributed by atoms with Gasteiger partial charge in [0.2, 0.25) is 0 Å². The van der Waals surface area contributed by atoms with E-state index < -0.39 is 0 Å². The van der Waals surface area contributed by atoms with Crippen molar-refractivity contribution < 1.29 is 18.4 Å². The van der Waals surface area contributed by atoms with Crippen LogP contribution in [-0.2, 0) is 35.8 Å². The van der Waals surface area contributed by atoms with E-state index in [2.05, 4.69) is 171 Å². The van der Waals surface area contributed by atoms with Gasteiger partial charge >= 0.3 is 0 Å². The number of hydrogen-bond acceptors (Lipinski definition) is 4. The van der Waals surface area contributed by atoms with Gasteiger partial charge in [0, 0.05) is 71.8 Å². The van der Waals surface area contributed by atoms with Crippen LogP contribution < -0.4 is 0 Å². The van der Waals surface area contributed by atoms with Crippen molar-refractivity contribution in [1.29, 1.82) is 0 Å². The van der Waals surface area contributed by atoms with Gasteiger partial charge in [-0.05, 0) is 64.4 Å². The Labute approximate surface area is 391 Å². The zero-order valence-corrected chi connectivity index (χ0v) is 38.3. The quantitative estimate of drug-likeness (QED) is 0.0717. The number of pyridine rings is 2. The molecular weight excluding hydrogens is 809 g/mol. The van der Waals surface area contributed by atoms with Crippen LogP contribution in [-0.4, -0.2) is 57.2 Å². The molecule has 0 radical (unpaired) electrons. The number of piperidine rings is 6. The Morgan fingerprint density at radius 2 is 0.939 bits per heavy atom. The van der Waals surface area contributed by atoms with Crippen molar-refractivity contribution in [3.05, 3.63) is 217 Å². The lowest BCUT2D eigenvalue weighted by Gasteiger charge is -2.59. The highest BCUT2D eigenvalue weighted by atomic mass is 16.5. The topological polar surface area (TPSA) is 44.2 Å². The Kier molecular flexibility index (Phi) is 12.0. The minimum Gasteiger partial charge on any atom is -0.363 e. The smallest absolute Gasteiger partial charge is 0.135 e. The average Bonchev–Trinajstić information content (AvgIpc) is 3.37. The average molecular weight is 873 g/mol. The summed E-state index contributed by atoms with van der Waals surface area (Å²) in [5.74, 6) is 2.20. The van der Waals surface area contributed by atoms with Crippen molar-refractivity contribution in [2.24, 2.45) is 23.7 Å². The van der Waals surface area contributed by atoms with Crippen LogP contribution in [0.1, 0.15) is 71.3 Å². The summed E-state index contributed by atoms with van der Waals surface area (Å²) < 4.78 is 16.5. The number of fused-ring (bicyclic) bond motifs is 8. The number of hydrogen-bond donors (Lipinski definition) is 0. The molecule has 0 saturated carbocycles. The first-order valence-electron chi connectivity index (χ1n) is 24.5. The molecule has 0 spiro atoms. The molecule has 8 heterocycles. The van der Waals surface area contributed by atoms with Gasteiger partial charge in [0.05, 0.1) is 50.4 Å². The lowest BCUT2D eigenvalue weighted by atomic mass is 9.70. The Morgan fingerprint density at radius 3 is 1.39 bits per heavy atom. The summed E-state index contributed by atoms with van der Waals surface area (Å²) >= 11 is 0. The Morgan fingerprint density at radius 1 is 0.515 bits per heavy atom. The molecule has 6 aliphatic heterocycles. The summed E-state index contributed by atoms with van der Waals surface area (Å²) in [6.45, 7) is 16.4. The van der Waals surface area contributed by atoms with Crippen molar-refractivity contribution in [3.8, 4) is 0 Å². The number of para-hydroxylation sites is 2. The van der Waals surface area contributed by atoms with Crippen LogP contribution in [0.15, 0.2) is 183 Å². The standard InChI is InChI=1S/C60H64N4O2/c1-3-47-39-63(32-28-49(47)35-57(63)59(65-41-43-16-7-5-8-17-43)53-26-30-61-55-24-13-11-22-51(53)55)37-45-20-15-21-46(34-45)38-64-33-29-50(48(4-2)40-64)36-58(64)60(66-42-44-18-9-6-10-19-44)54-27-31-62-56-25-14-12-23-52(54)56/h3-27,30-31,34,47-50,57-60H,1-2,28-29,32-33,35-42H2/q+2/t47-,48-,49-,50-,57-,58-,59+,60+,63+,64+/m0/s1. The van der Waals surface area contributed by atoms with Gasteiger partial charge in [-0.15, -0.1) is 13.2 Å². The second-order valence-corrected chi connectivity index (χ2v) is 20.2. The number of nitrogens with zero attached hydrogens (tertiary/aromatic N) is 4. The van der Waals surface area contributed by atoms with E-state index in [0.29, 0.717) is 36.9 Å². The van der Waals surface area contributed by atoms with E-state index in [1.165, 1.54) is 57.0 Å². The highest BCUT2D eigenvalue weighted by Crippen LogP contribution is 2.51. The molecule has 334 valence electrons. The summed E-state index contributed by atoms with van der Waals surface area (Å²) in [5.41, 5.74) is 9.81. The molecule has 13 rings (SSSR count). The van der Waals surface area contributed by atoms with E-state index >= 15 is 0 Å². The SMILES string of the molecule is C=C[C@H]1C[N@+]2(Cc3cccc(C[N@@+]45CC[C@@H](C[C@H]4[C@H](OCc4ccccc4)c4ccnc6ccccc46)[C@@H](C=C)C5)c3)CC[C@H]1C[C@H]2[C@H](OCc1ccccc1)c1ccnc2ccccc12. The molecule has 5 aromatic carbocycles. The maximum Gasteiger partial charge on any atom is 0.135 e. The molecular formula is C60H64N4O2+2. The predicted octanol–water partition coefficient (Wildman–Crippen LogP) is 12.5. The van der Waals surface area contributed by atoms with Gasteiger partial charge in [0.1, 0.15) is 37.4 Å². The van der Waals surface area contributed by atoms with Crippen LogP contribution in [0.5, 0.6) is 0 Å². The van der Waals surface area contributed by atoms with Crippen molar-refractivity contribution in [3.63, 3.8) is 0 Å². The predicted molar refractivity (Wildman–Crippen MR) is 266 cm³/mol. The number of quaternary nitrogens is 2. The van der Waals surface area contributed by atoms with Crippen LogP contribution in [0.25, 0.3) is 21.8 Å². The van der Waals surface area contributed by atoms with Crippen LogP contribution in [0.2, 0.25) is 0 Å². The fraction of sp³-hybridized carbons (Fsp3) is 0.333. The molecule has 7 aromatic rings. The van der Waals surface area contributed by atoms with E-state index in [-0.39, 0.29) is 24.3 Å². The van der Waals surface area contributed by atoms with E-state index in [1.54, 1.807) is 0 Å². The summed E-state index contributed by atoms with van der Waals surface area (Å²) in [4.78, 5) is 9.62. The third-order valence-corrected chi connectivity index (χ3v) is 16.6. The first kappa shape index (κ1) is 42.8. The molecule has 6 fully saturated rings. The maximum atomic E-state index is 7.27. The summed E-state index contributed by atoms with van der Waals surface area (Å²) in [6.07, 6.45) is 13.0. The van der Waals surface area contributed by atoms with E-state index in [4.69, 9.17) is 19.4 Å². The molecule has 10 atom stereocenters. The van der Waals surface area contributed by atoms with Crippen LogP contribution in [0.3, 0.4) is 0 Å². The minimum atomic E-state index is -0.0866. The molecule has 6 aliphatic rings. The second kappa shape index (κ2) is 18.5.